The number of benzene rings is 2. The minimum atomic E-state index is -0.341. The van der Waals surface area contributed by atoms with E-state index in [1.165, 1.54) is 6.07 Å². The monoisotopic (exact) mass is 365 g/mol. The molecule has 2 N–H and O–H groups in total. The summed E-state index contributed by atoms with van der Waals surface area (Å²) in [6.07, 6.45) is 0.994. The standard InChI is InChI=1S/C21H24FN5/c1-27(2)14-8-13-23-20-15-19(16-9-4-3-5-10-16)25-21(26-20)24-18-12-7-6-11-17(18)22/h3-7,9-12,15H,8,13-14H2,1-2H3,(H2,23,24,25,26). The van der Waals surface area contributed by atoms with Crippen LogP contribution >= 0.6 is 0 Å². The SMILES string of the molecule is CN(C)CCCNc1cc(-c2ccccc2)nc(Nc2ccccc2F)n1. The summed E-state index contributed by atoms with van der Waals surface area (Å²) in [4.78, 5) is 11.2. The second-order valence-corrected chi connectivity index (χ2v) is 6.52. The Hall–Kier alpha value is -2.99. The van der Waals surface area contributed by atoms with Crippen molar-refractivity contribution in [1.82, 2.24) is 14.9 Å². The normalized spacial score (nSPS) is 10.8. The van der Waals surface area contributed by atoms with Crippen LogP contribution < -0.4 is 10.6 Å². The van der Waals surface area contributed by atoms with Gasteiger partial charge in [-0.2, -0.15) is 4.98 Å². The highest BCUT2D eigenvalue weighted by molar-refractivity contribution is 5.66. The fourth-order valence-corrected chi connectivity index (χ4v) is 2.65. The van der Waals surface area contributed by atoms with Crippen LogP contribution in [-0.2, 0) is 0 Å². The Bertz CT molecular complexity index is 867. The third kappa shape index (κ3) is 5.49. The molecule has 1 aromatic heterocycles. The number of hydrogen-bond donors (Lipinski definition) is 2. The highest BCUT2D eigenvalue weighted by atomic mass is 19.1. The van der Waals surface area contributed by atoms with Crippen molar-refractivity contribution < 1.29 is 4.39 Å². The van der Waals surface area contributed by atoms with Crippen LogP contribution in [0.25, 0.3) is 11.3 Å². The molecule has 2 aromatic carbocycles. The number of nitrogens with zero attached hydrogens (tertiary/aromatic N) is 3. The summed E-state index contributed by atoms with van der Waals surface area (Å²) in [7, 11) is 4.10. The van der Waals surface area contributed by atoms with Crippen LogP contribution in [0, 0.1) is 5.82 Å². The minimum Gasteiger partial charge on any atom is -0.370 e. The maximum absolute atomic E-state index is 14.0. The van der Waals surface area contributed by atoms with Crippen molar-refractivity contribution in [2.24, 2.45) is 0 Å². The molecule has 27 heavy (non-hydrogen) atoms. The van der Waals surface area contributed by atoms with Gasteiger partial charge in [-0.1, -0.05) is 42.5 Å². The maximum Gasteiger partial charge on any atom is 0.229 e. The van der Waals surface area contributed by atoms with Crippen LogP contribution in [0.2, 0.25) is 0 Å². The number of halogens is 1. The molecule has 0 radical (unpaired) electrons. The smallest absolute Gasteiger partial charge is 0.229 e. The van der Waals surface area contributed by atoms with Crippen LogP contribution in [-0.4, -0.2) is 42.1 Å². The van der Waals surface area contributed by atoms with E-state index in [0.717, 1.165) is 30.8 Å². The zero-order valence-corrected chi connectivity index (χ0v) is 15.6. The summed E-state index contributed by atoms with van der Waals surface area (Å²) in [5.41, 5.74) is 2.11. The maximum atomic E-state index is 14.0. The molecule has 0 unspecified atom stereocenters. The molecule has 5 nitrogen and oxygen atoms in total. The molecule has 0 saturated carbocycles. The Morgan fingerprint density at radius 3 is 2.44 bits per heavy atom. The number of hydrogen-bond acceptors (Lipinski definition) is 5. The van der Waals surface area contributed by atoms with Crippen LogP contribution in [0.4, 0.5) is 21.8 Å². The first-order valence-electron chi connectivity index (χ1n) is 8.96. The second-order valence-electron chi connectivity index (χ2n) is 6.52. The molecule has 0 saturated heterocycles. The summed E-state index contributed by atoms with van der Waals surface area (Å²) >= 11 is 0. The zero-order valence-electron chi connectivity index (χ0n) is 15.6. The van der Waals surface area contributed by atoms with E-state index in [9.17, 15) is 4.39 Å². The van der Waals surface area contributed by atoms with Gasteiger partial charge in [-0.3, -0.25) is 0 Å². The van der Waals surface area contributed by atoms with Gasteiger partial charge >= 0.3 is 0 Å². The van der Waals surface area contributed by atoms with Crippen molar-refractivity contribution in [2.45, 2.75) is 6.42 Å². The van der Waals surface area contributed by atoms with E-state index in [0.29, 0.717) is 17.5 Å². The average Bonchev–Trinajstić information content (AvgIpc) is 2.67. The zero-order chi connectivity index (χ0) is 19.1. The van der Waals surface area contributed by atoms with E-state index in [1.807, 2.05) is 36.4 Å². The van der Waals surface area contributed by atoms with Crippen molar-refractivity contribution in [3.8, 4) is 11.3 Å². The molecule has 140 valence electrons. The molecule has 1 heterocycles. The molecule has 0 aliphatic carbocycles. The molecule has 3 rings (SSSR count). The first-order chi connectivity index (χ1) is 13.1. The lowest BCUT2D eigenvalue weighted by Gasteiger charge is -2.13. The summed E-state index contributed by atoms with van der Waals surface area (Å²) in [6.45, 7) is 1.78. The van der Waals surface area contributed by atoms with Gasteiger partial charge in [0, 0.05) is 18.2 Å². The van der Waals surface area contributed by atoms with E-state index >= 15 is 0 Å². The number of para-hydroxylation sites is 1. The van der Waals surface area contributed by atoms with Gasteiger partial charge in [-0.25, -0.2) is 9.37 Å². The molecule has 0 aliphatic rings. The van der Waals surface area contributed by atoms with Gasteiger partial charge < -0.3 is 15.5 Å². The highest BCUT2D eigenvalue weighted by Crippen LogP contribution is 2.24. The molecule has 0 bridgehead atoms. The van der Waals surface area contributed by atoms with Gasteiger partial charge in [-0.15, -0.1) is 0 Å². The molecular weight excluding hydrogens is 341 g/mol. The third-order valence-electron chi connectivity index (χ3n) is 4.00. The fraction of sp³-hybridized carbons (Fsp3) is 0.238. The van der Waals surface area contributed by atoms with Crippen LogP contribution in [0.3, 0.4) is 0 Å². The average molecular weight is 365 g/mol. The first kappa shape index (κ1) is 18.8. The summed E-state index contributed by atoms with van der Waals surface area (Å²) < 4.78 is 14.0. The van der Waals surface area contributed by atoms with Gasteiger partial charge in [0.15, 0.2) is 0 Å². The fourth-order valence-electron chi connectivity index (χ4n) is 2.65. The lowest BCUT2D eigenvalue weighted by Crippen LogP contribution is -2.17. The predicted octanol–water partition coefficient (Wildman–Crippen LogP) is 4.39. The van der Waals surface area contributed by atoms with Crippen molar-refractivity contribution in [1.29, 1.82) is 0 Å². The highest BCUT2D eigenvalue weighted by Gasteiger charge is 2.09. The third-order valence-corrected chi connectivity index (χ3v) is 4.00. The Balaban J connectivity index is 1.85. The van der Waals surface area contributed by atoms with Gasteiger partial charge in [0.05, 0.1) is 11.4 Å². The van der Waals surface area contributed by atoms with Crippen molar-refractivity contribution in [3.63, 3.8) is 0 Å². The molecule has 0 atom stereocenters. The first-order valence-corrected chi connectivity index (χ1v) is 8.96. The lowest BCUT2D eigenvalue weighted by molar-refractivity contribution is 0.405. The van der Waals surface area contributed by atoms with Crippen LogP contribution in [0.15, 0.2) is 60.7 Å². The number of aromatic nitrogens is 2. The van der Waals surface area contributed by atoms with Crippen LogP contribution in [0.5, 0.6) is 0 Å². The number of anilines is 3. The van der Waals surface area contributed by atoms with Gasteiger partial charge in [0.25, 0.3) is 0 Å². The molecule has 6 heteroatoms. The molecule has 0 amide bonds. The van der Waals surface area contributed by atoms with E-state index in [4.69, 9.17) is 0 Å². The molecule has 0 fully saturated rings. The van der Waals surface area contributed by atoms with Crippen molar-refractivity contribution in [3.05, 3.63) is 66.5 Å². The van der Waals surface area contributed by atoms with E-state index in [2.05, 4.69) is 39.6 Å². The van der Waals surface area contributed by atoms with Gasteiger partial charge in [0.1, 0.15) is 11.6 Å². The Kier molecular flexibility index (Phi) is 6.33. The van der Waals surface area contributed by atoms with E-state index in [1.54, 1.807) is 18.2 Å². The van der Waals surface area contributed by atoms with Crippen molar-refractivity contribution in [2.75, 3.05) is 37.8 Å². The minimum absolute atomic E-state index is 0.341. The Labute approximate surface area is 159 Å². The molecule has 0 aliphatic heterocycles. The number of rotatable bonds is 8. The van der Waals surface area contributed by atoms with E-state index in [-0.39, 0.29) is 5.82 Å². The van der Waals surface area contributed by atoms with Gasteiger partial charge in [-0.05, 0) is 39.2 Å². The Morgan fingerprint density at radius 1 is 0.963 bits per heavy atom. The number of nitrogens with one attached hydrogen (secondary N) is 2. The Morgan fingerprint density at radius 2 is 1.70 bits per heavy atom. The quantitative estimate of drug-likeness (QED) is 0.580. The van der Waals surface area contributed by atoms with Crippen LogP contribution in [0.1, 0.15) is 6.42 Å². The second kappa shape index (κ2) is 9.09. The predicted molar refractivity (Wildman–Crippen MR) is 109 cm³/mol. The van der Waals surface area contributed by atoms with Gasteiger partial charge in [0.2, 0.25) is 5.95 Å². The lowest BCUT2D eigenvalue weighted by atomic mass is 10.1. The summed E-state index contributed by atoms with van der Waals surface area (Å²) in [5, 5.41) is 6.33. The largest absolute Gasteiger partial charge is 0.370 e. The summed E-state index contributed by atoms with van der Waals surface area (Å²) in [5.74, 6) is 0.727. The molecule has 0 spiro atoms. The van der Waals surface area contributed by atoms with Crippen molar-refractivity contribution >= 4 is 17.5 Å². The summed E-state index contributed by atoms with van der Waals surface area (Å²) in [6, 6.07) is 18.3. The topological polar surface area (TPSA) is 53.1 Å². The van der Waals surface area contributed by atoms with E-state index < -0.39 is 0 Å². The molecular formula is C21H24FN5. The molecule has 3 aromatic rings.